The fourth-order valence-electron chi connectivity index (χ4n) is 1.26. The first-order valence-electron chi connectivity index (χ1n) is 4.65. The van der Waals surface area contributed by atoms with Gasteiger partial charge in [0.15, 0.2) is 0 Å². The van der Waals surface area contributed by atoms with E-state index in [1.54, 1.807) is 31.2 Å². The Morgan fingerprint density at radius 3 is 2.94 bits per heavy atom. The number of carbonyl (C=O) groups is 1. The van der Waals surface area contributed by atoms with Gasteiger partial charge >= 0.3 is 0 Å². The fourth-order valence-corrected chi connectivity index (χ4v) is 1.45. The second-order valence-electron chi connectivity index (χ2n) is 3.30. The summed E-state index contributed by atoms with van der Waals surface area (Å²) < 4.78 is 4.83. The molecule has 1 aromatic carbocycles. The maximum atomic E-state index is 11.7. The van der Waals surface area contributed by atoms with Gasteiger partial charge in [-0.1, -0.05) is 22.8 Å². The van der Waals surface area contributed by atoms with Crippen LogP contribution >= 0.6 is 11.6 Å². The Hall–Kier alpha value is -1.81. The highest BCUT2D eigenvalue weighted by Gasteiger charge is 2.13. The molecule has 82 valence electrons. The molecule has 4 nitrogen and oxygen atoms in total. The van der Waals surface area contributed by atoms with Gasteiger partial charge in [0.05, 0.1) is 6.20 Å². The average molecular weight is 237 g/mol. The first-order chi connectivity index (χ1) is 7.66. The van der Waals surface area contributed by atoms with Crippen molar-refractivity contribution < 1.29 is 9.32 Å². The molecule has 0 fully saturated rings. The van der Waals surface area contributed by atoms with Crippen molar-refractivity contribution in [2.75, 3.05) is 5.32 Å². The minimum atomic E-state index is -0.336. The Labute approximate surface area is 97.2 Å². The lowest BCUT2D eigenvalue weighted by Crippen LogP contribution is -2.11. The summed E-state index contributed by atoms with van der Waals surface area (Å²) in [4.78, 5) is 11.7. The van der Waals surface area contributed by atoms with Gasteiger partial charge < -0.3 is 9.84 Å². The number of amides is 1. The van der Waals surface area contributed by atoms with Gasteiger partial charge in [0.2, 0.25) is 5.76 Å². The molecule has 16 heavy (non-hydrogen) atoms. The zero-order chi connectivity index (χ0) is 11.5. The molecule has 2 rings (SSSR count). The number of rotatable bonds is 2. The number of nitrogens with one attached hydrogen (secondary N) is 1. The zero-order valence-electron chi connectivity index (χ0n) is 8.53. The normalized spacial score (nSPS) is 10.1. The van der Waals surface area contributed by atoms with Crippen LogP contribution in [0.5, 0.6) is 0 Å². The van der Waals surface area contributed by atoms with Gasteiger partial charge in [-0.15, -0.1) is 0 Å². The van der Waals surface area contributed by atoms with Crippen LogP contribution in [0.1, 0.15) is 16.1 Å². The highest BCUT2D eigenvalue weighted by molar-refractivity contribution is 6.30. The second kappa shape index (κ2) is 4.37. The predicted molar refractivity (Wildman–Crippen MR) is 60.6 cm³/mol. The van der Waals surface area contributed by atoms with Crippen molar-refractivity contribution >= 4 is 23.2 Å². The molecule has 2 aromatic rings. The van der Waals surface area contributed by atoms with Crippen LogP contribution in [0.4, 0.5) is 5.69 Å². The van der Waals surface area contributed by atoms with Crippen LogP contribution in [0.25, 0.3) is 0 Å². The summed E-state index contributed by atoms with van der Waals surface area (Å²) in [5.41, 5.74) is 1.31. The quantitative estimate of drug-likeness (QED) is 0.872. The van der Waals surface area contributed by atoms with Crippen molar-refractivity contribution in [3.8, 4) is 0 Å². The molecule has 5 heteroatoms. The second-order valence-corrected chi connectivity index (χ2v) is 3.74. The minimum Gasteiger partial charge on any atom is -0.351 e. The third kappa shape index (κ3) is 2.23. The Bertz CT molecular complexity index is 522. The molecular formula is C11H9ClN2O2. The maximum Gasteiger partial charge on any atom is 0.294 e. The number of halogens is 1. The van der Waals surface area contributed by atoms with Gasteiger partial charge in [-0.05, 0) is 25.1 Å². The van der Waals surface area contributed by atoms with Crippen LogP contribution in [0.2, 0.25) is 5.02 Å². The third-order valence-corrected chi connectivity index (χ3v) is 2.27. The maximum absolute atomic E-state index is 11.7. The predicted octanol–water partition coefficient (Wildman–Crippen LogP) is 2.89. The summed E-state index contributed by atoms with van der Waals surface area (Å²) in [6.45, 7) is 1.75. The molecule has 0 aliphatic rings. The first kappa shape index (κ1) is 10.7. The Kier molecular flexibility index (Phi) is 2.92. The molecule has 0 unspecified atom stereocenters. The lowest BCUT2D eigenvalue weighted by molar-refractivity contribution is 0.0987. The van der Waals surface area contributed by atoms with Crippen LogP contribution in [0.15, 0.2) is 35.0 Å². The van der Waals surface area contributed by atoms with Gasteiger partial charge in [-0.3, -0.25) is 4.79 Å². The number of anilines is 1. The Balaban J connectivity index is 2.17. The molecule has 0 atom stereocenters. The van der Waals surface area contributed by atoms with Gasteiger partial charge in [0, 0.05) is 16.3 Å². The molecule has 1 heterocycles. The number of hydrogen-bond donors (Lipinski definition) is 1. The van der Waals surface area contributed by atoms with Crippen molar-refractivity contribution in [1.29, 1.82) is 0 Å². The standard InChI is InChI=1S/C11H9ClN2O2/c1-7-6-13-16-10(7)11(15)14-9-4-2-3-8(12)5-9/h2-6H,1H3,(H,14,15). The molecule has 1 amide bonds. The summed E-state index contributed by atoms with van der Waals surface area (Å²) in [5.74, 6) is -0.128. The molecule has 0 aliphatic carbocycles. The smallest absolute Gasteiger partial charge is 0.294 e. The molecule has 1 N–H and O–H groups in total. The van der Waals surface area contributed by atoms with E-state index in [9.17, 15) is 4.79 Å². The monoisotopic (exact) mass is 236 g/mol. The van der Waals surface area contributed by atoms with Crippen LogP contribution in [0.3, 0.4) is 0 Å². The summed E-state index contributed by atoms with van der Waals surface area (Å²) in [7, 11) is 0. The molecule has 0 saturated heterocycles. The van der Waals surface area contributed by atoms with E-state index in [1.807, 2.05) is 0 Å². The van der Waals surface area contributed by atoms with E-state index in [1.165, 1.54) is 6.20 Å². The molecule has 0 radical (unpaired) electrons. The van der Waals surface area contributed by atoms with E-state index in [2.05, 4.69) is 10.5 Å². The minimum absolute atomic E-state index is 0.208. The van der Waals surface area contributed by atoms with Crippen molar-refractivity contribution in [2.45, 2.75) is 6.92 Å². The number of nitrogens with zero attached hydrogens (tertiary/aromatic N) is 1. The van der Waals surface area contributed by atoms with Gasteiger partial charge in [0.1, 0.15) is 0 Å². The van der Waals surface area contributed by atoms with Crippen LogP contribution in [-0.4, -0.2) is 11.1 Å². The number of benzene rings is 1. The molecule has 0 spiro atoms. The van der Waals surface area contributed by atoms with Gasteiger partial charge in [-0.25, -0.2) is 0 Å². The van der Waals surface area contributed by atoms with E-state index >= 15 is 0 Å². The largest absolute Gasteiger partial charge is 0.351 e. The van der Waals surface area contributed by atoms with Crippen molar-refractivity contribution in [2.24, 2.45) is 0 Å². The molecular weight excluding hydrogens is 228 g/mol. The van der Waals surface area contributed by atoms with E-state index < -0.39 is 0 Å². The average Bonchev–Trinajstić information content (AvgIpc) is 2.64. The number of carbonyl (C=O) groups excluding carboxylic acids is 1. The SMILES string of the molecule is Cc1cnoc1C(=O)Nc1cccc(Cl)c1. The summed E-state index contributed by atoms with van der Waals surface area (Å²) in [6.07, 6.45) is 1.49. The number of hydrogen-bond acceptors (Lipinski definition) is 3. The highest BCUT2D eigenvalue weighted by atomic mass is 35.5. The summed E-state index contributed by atoms with van der Waals surface area (Å²) in [5, 5.41) is 6.77. The van der Waals surface area contributed by atoms with Crippen LogP contribution in [-0.2, 0) is 0 Å². The van der Waals surface area contributed by atoms with E-state index in [0.29, 0.717) is 16.3 Å². The van der Waals surface area contributed by atoms with Crippen molar-refractivity contribution in [3.63, 3.8) is 0 Å². The number of aromatic nitrogens is 1. The summed E-state index contributed by atoms with van der Waals surface area (Å²) in [6, 6.07) is 6.89. The third-order valence-electron chi connectivity index (χ3n) is 2.04. The van der Waals surface area contributed by atoms with Gasteiger partial charge in [-0.2, -0.15) is 0 Å². The molecule has 1 aromatic heterocycles. The lowest BCUT2D eigenvalue weighted by atomic mass is 10.2. The fraction of sp³-hybridized carbons (Fsp3) is 0.0909. The van der Waals surface area contributed by atoms with Crippen LogP contribution in [0, 0.1) is 6.92 Å². The molecule has 0 bridgehead atoms. The van der Waals surface area contributed by atoms with Crippen molar-refractivity contribution in [3.05, 3.63) is 46.8 Å². The highest BCUT2D eigenvalue weighted by Crippen LogP contribution is 2.16. The van der Waals surface area contributed by atoms with Gasteiger partial charge in [0.25, 0.3) is 5.91 Å². The molecule has 0 saturated carbocycles. The number of aryl methyl sites for hydroxylation is 1. The van der Waals surface area contributed by atoms with E-state index in [-0.39, 0.29) is 11.7 Å². The van der Waals surface area contributed by atoms with E-state index in [4.69, 9.17) is 16.1 Å². The Morgan fingerprint density at radius 1 is 1.50 bits per heavy atom. The van der Waals surface area contributed by atoms with Crippen molar-refractivity contribution in [1.82, 2.24) is 5.16 Å². The summed E-state index contributed by atoms with van der Waals surface area (Å²) >= 11 is 5.80. The first-order valence-corrected chi connectivity index (χ1v) is 5.03. The zero-order valence-corrected chi connectivity index (χ0v) is 9.28. The Morgan fingerprint density at radius 2 is 2.31 bits per heavy atom. The van der Waals surface area contributed by atoms with E-state index in [0.717, 1.165) is 0 Å². The topological polar surface area (TPSA) is 55.1 Å². The molecule has 0 aliphatic heterocycles. The van der Waals surface area contributed by atoms with Crippen LogP contribution < -0.4 is 5.32 Å². The lowest BCUT2D eigenvalue weighted by Gasteiger charge is -2.03.